The van der Waals surface area contributed by atoms with Crippen LogP contribution in [0.3, 0.4) is 0 Å². The minimum absolute atomic E-state index is 0.113. The summed E-state index contributed by atoms with van der Waals surface area (Å²) >= 11 is 3.44. The van der Waals surface area contributed by atoms with Crippen LogP contribution in [-0.4, -0.2) is 36.0 Å². The van der Waals surface area contributed by atoms with Crippen molar-refractivity contribution < 1.29 is 12.9 Å². The van der Waals surface area contributed by atoms with E-state index in [2.05, 4.69) is 26.1 Å². The second kappa shape index (κ2) is 8.01. The standard InChI is InChI=1S/C21H22BrN3O3S/c1-14-8-9-19(11-15(14)2)29(26,27)25-10-4-6-17(13-25)21-23-20(24-28-21)16-5-3-7-18(22)12-16/h3,5,7-9,11-12,17H,4,6,10,13H2,1-2H3/t17-/m0/s1. The Morgan fingerprint density at radius 1 is 1.14 bits per heavy atom. The van der Waals surface area contributed by atoms with Crippen molar-refractivity contribution in [3.05, 3.63) is 64.0 Å². The number of rotatable bonds is 4. The van der Waals surface area contributed by atoms with Crippen LogP contribution in [0.15, 0.2) is 56.4 Å². The van der Waals surface area contributed by atoms with E-state index in [9.17, 15) is 8.42 Å². The normalized spacial score (nSPS) is 18.1. The number of aromatic nitrogens is 2. The highest BCUT2D eigenvalue weighted by atomic mass is 79.9. The van der Waals surface area contributed by atoms with E-state index in [-0.39, 0.29) is 5.92 Å². The second-order valence-corrected chi connectivity index (χ2v) is 10.3. The molecule has 2 aromatic carbocycles. The zero-order valence-electron chi connectivity index (χ0n) is 16.3. The number of nitrogens with zero attached hydrogens (tertiary/aromatic N) is 3. The molecule has 1 aliphatic heterocycles. The molecule has 0 saturated carbocycles. The topological polar surface area (TPSA) is 76.3 Å². The Kier molecular flexibility index (Phi) is 5.59. The molecule has 0 bridgehead atoms. The van der Waals surface area contributed by atoms with E-state index in [4.69, 9.17) is 4.52 Å². The van der Waals surface area contributed by atoms with Crippen LogP contribution in [0, 0.1) is 13.8 Å². The molecule has 152 valence electrons. The Balaban J connectivity index is 1.56. The van der Waals surface area contributed by atoms with Crippen LogP contribution in [0.4, 0.5) is 0 Å². The molecule has 1 aliphatic rings. The number of piperidine rings is 1. The maximum absolute atomic E-state index is 13.1. The van der Waals surface area contributed by atoms with Crippen molar-refractivity contribution in [2.75, 3.05) is 13.1 Å². The molecule has 6 nitrogen and oxygen atoms in total. The summed E-state index contributed by atoms with van der Waals surface area (Å²) in [6.07, 6.45) is 1.57. The zero-order chi connectivity index (χ0) is 20.6. The first-order valence-corrected chi connectivity index (χ1v) is 11.7. The average Bonchev–Trinajstić information content (AvgIpc) is 3.20. The van der Waals surface area contributed by atoms with Gasteiger partial charge in [-0.05, 0) is 62.1 Å². The lowest BCUT2D eigenvalue weighted by Crippen LogP contribution is -2.39. The van der Waals surface area contributed by atoms with Gasteiger partial charge in [-0.3, -0.25) is 0 Å². The van der Waals surface area contributed by atoms with Gasteiger partial charge in [0, 0.05) is 23.1 Å². The van der Waals surface area contributed by atoms with Gasteiger partial charge in [0.2, 0.25) is 21.7 Å². The van der Waals surface area contributed by atoms with Crippen LogP contribution in [0.5, 0.6) is 0 Å². The summed E-state index contributed by atoms with van der Waals surface area (Å²) in [5.74, 6) is 0.883. The first-order chi connectivity index (χ1) is 13.8. The number of benzene rings is 2. The minimum atomic E-state index is -3.56. The Hall–Kier alpha value is -2.03. The molecule has 0 unspecified atom stereocenters. The third-order valence-electron chi connectivity index (χ3n) is 5.37. The molecule has 1 fully saturated rings. The quantitative estimate of drug-likeness (QED) is 0.547. The summed E-state index contributed by atoms with van der Waals surface area (Å²) < 4.78 is 34.3. The lowest BCUT2D eigenvalue weighted by atomic mass is 10.00. The van der Waals surface area contributed by atoms with Gasteiger partial charge in [-0.1, -0.05) is 39.3 Å². The molecule has 0 spiro atoms. The zero-order valence-corrected chi connectivity index (χ0v) is 18.7. The van der Waals surface area contributed by atoms with E-state index >= 15 is 0 Å². The van der Waals surface area contributed by atoms with Gasteiger partial charge in [0.25, 0.3) is 0 Å². The van der Waals surface area contributed by atoms with Gasteiger partial charge in [-0.2, -0.15) is 9.29 Å². The third-order valence-corrected chi connectivity index (χ3v) is 7.73. The molecule has 2 heterocycles. The summed E-state index contributed by atoms with van der Waals surface area (Å²) in [5.41, 5.74) is 2.89. The molecule has 8 heteroatoms. The highest BCUT2D eigenvalue weighted by molar-refractivity contribution is 9.10. The number of sulfonamides is 1. The van der Waals surface area contributed by atoms with Crippen LogP contribution >= 0.6 is 15.9 Å². The molecule has 29 heavy (non-hydrogen) atoms. The molecule has 1 aromatic heterocycles. The molecule has 0 aliphatic carbocycles. The van der Waals surface area contributed by atoms with E-state index in [0.717, 1.165) is 34.0 Å². The van der Waals surface area contributed by atoms with Crippen LogP contribution in [0.1, 0.15) is 35.8 Å². The predicted octanol–water partition coefficient (Wildman–Crippen LogP) is 4.68. The van der Waals surface area contributed by atoms with E-state index in [1.54, 1.807) is 12.1 Å². The van der Waals surface area contributed by atoms with Crippen molar-refractivity contribution in [1.29, 1.82) is 0 Å². The fourth-order valence-electron chi connectivity index (χ4n) is 3.53. The number of aryl methyl sites for hydroxylation is 2. The largest absolute Gasteiger partial charge is 0.339 e. The Bertz CT molecular complexity index is 1140. The maximum Gasteiger partial charge on any atom is 0.243 e. The van der Waals surface area contributed by atoms with Crippen LogP contribution in [-0.2, 0) is 10.0 Å². The average molecular weight is 476 g/mol. The third kappa shape index (κ3) is 4.15. The lowest BCUT2D eigenvalue weighted by molar-refractivity contribution is 0.265. The summed E-state index contributed by atoms with van der Waals surface area (Å²) in [7, 11) is -3.56. The van der Waals surface area contributed by atoms with Crippen LogP contribution in [0.25, 0.3) is 11.4 Å². The van der Waals surface area contributed by atoms with E-state index in [0.29, 0.717) is 29.7 Å². The van der Waals surface area contributed by atoms with Gasteiger partial charge in [0.1, 0.15) is 0 Å². The molecule has 1 saturated heterocycles. The number of hydrogen-bond donors (Lipinski definition) is 0. The van der Waals surface area contributed by atoms with Crippen LogP contribution in [0.2, 0.25) is 0 Å². The van der Waals surface area contributed by atoms with Crippen molar-refractivity contribution in [3.63, 3.8) is 0 Å². The van der Waals surface area contributed by atoms with Crippen molar-refractivity contribution in [2.45, 2.75) is 37.5 Å². The minimum Gasteiger partial charge on any atom is -0.339 e. The first kappa shape index (κ1) is 20.3. The molecule has 0 radical (unpaired) electrons. The molecule has 0 N–H and O–H groups in total. The molecular weight excluding hydrogens is 454 g/mol. The monoisotopic (exact) mass is 475 g/mol. The van der Waals surface area contributed by atoms with E-state index < -0.39 is 10.0 Å². The van der Waals surface area contributed by atoms with Gasteiger partial charge >= 0.3 is 0 Å². The van der Waals surface area contributed by atoms with Gasteiger partial charge in [0.15, 0.2) is 0 Å². The maximum atomic E-state index is 13.1. The highest BCUT2D eigenvalue weighted by Crippen LogP contribution is 2.31. The lowest BCUT2D eigenvalue weighted by Gasteiger charge is -2.30. The first-order valence-electron chi connectivity index (χ1n) is 9.51. The molecule has 3 aromatic rings. The molecular formula is C21H22BrN3O3S. The molecule has 4 rings (SSSR count). The van der Waals surface area contributed by atoms with Gasteiger partial charge in [-0.15, -0.1) is 0 Å². The fourth-order valence-corrected chi connectivity index (χ4v) is 5.54. The summed E-state index contributed by atoms with van der Waals surface area (Å²) in [5, 5.41) is 4.09. The van der Waals surface area contributed by atoms with Gasteiger partial charge in [-0.25, -0.2) is 8.42 Å². The SMILES string of the molecule is Cc1ccc(S(=O)(=O)N2CCC[C@H](c3nc(-c4cccc(Br)c4)no3)C2)cc1C. The Labute approximate surface area is 179 Å². The fraction of sp³-hybridized carbons (Fsp3) is 0.333. The van der Waals surface area contributed by atoms with E-state index in [1.807, 2.05) is 44.2 Å². The predicted molar refractivity (Wildman–Crippen MR) is 114 cm³/mol. The van der Waals surface area contributed by atoms with Crippen molar-refractivity contribution in [3.8, 4) is 11.4 Å². The van der Waals surface area contributed by atoms with Gasteiger partial charge in [0.05, 0.1) is 10.8 Å². The summed E-state index contributed by atoms with van der Waals surface area (Å²) in [6, 6.07) is 13.0. The van der Waals surface area contributed by atoms with Gasteiger partial charge < -0.3 is 4.52 Å². The summed E-state index contributed by atoms with van der Waals surface area (Å²) in [6.45, 7) is 4.74. The Morgan fingerprint density at radius 2 is 1.97 bits per heavy atom. The number of hydrogen-bond acceptors (Lipinski definition) is 5. The molecule has 0 amide bonds. The smallest absolute Gasteiger partial charge is 0.243 e. The van der Waals surface area contributed by atoms with E-state index in [1.165, 1.54) is 4.31 Å². The number of halogens is 1. The highest BCUT2D eigenvalue weighted by Gasteiger charge is 2.33. The van der Waals surface area contributed by atoms with Crippen molar-refractivity contribution in [2.24, 2.45) is 0 Å². The molecule has 1 atom stereocenters. The summed E-state index contributed by atoms with van der Waals surface area (Å²) in [4.78, 5) is 4.87. The second-order valence-electron chi connectivity index (χ2n) is 7.41. The van der Waals surface area contributed by atoms with Crippen molar-refractivity contribution in [1.82, 2.24) is 14.4 Å². The Morgan fingerprint density at radius 3 is 2.72 bits per heavy atom. The van der Waals surface area contributed by atoms with Crippen molar-refractivity contribution >= 4 is 26.0 Å². The van der Waals surface area contributed by atoms with Crippen LogP contribution < -0.4 is 0 Å².